The van der Waals surface area contributed by atoms with Crippen molar-refractivity contribution in [3.8, 4) is 5.75 Å². The fourth-order valence-corrected chi connectivity index (χ4v) is 2.90. The van der Waals surface area contributed by atoms with E-state index in [0.717, 1.165) is 18.6 Å². The van der Waals surface area contributed by atoms with Crippen molar-refractivity contribution in [2.24, 2.45) is 0 Å². The Morgan fingerprint density at radius 2 is 2.05 bits per heavy atom. The highest BCUT2D eigenvalue weighted by Crippen LogP contribution is 2.33. The van der Waals surface area contributed by atoms with Crippen LogP contribution < -0.4 is 10.1 Å². The first-order valence-corrected chi connectivity index (χ1v) is 7.14. The molecule has 0 aliphatic carbocycles. The van der Waals surface area contributed by atoms with Crippen molar-refractivity contribution in [2.45, 2.75) is 31.8 Å². The second-order valence-electron chi connectivity index (χ2n) is 5.25. The SMILES string of the molecule is CCC1Cc2ccc(OC)cc2C(c2ccncc2)N1. The number of nitrogens with zero attached hydrogens (tertiary/aromatic N) is 1. The Morgan fingerprint density at radius 3 is 2.75 bits per heavy atom. The van der Waals surface area contributed by atoms with Gasteiger partial charge in [-0.15, -0.1) is 0 Å². The molecule has 3 heteroatoms. The summed E-state index contributed by atoms with van der Waals surface area (Å²) in [5, 5.41) is 3.74. The van der Waals surface area contributed by atoms with Crippen molar-refractivity contribution < 1.29 is 4.74 Å². The van der Waals surface area contributed by atoms with E-state index in [-0.39, 0.29) is 6.04 Å². The van der Waals surface area contributed by atoms with E-state index in [2.05, 4.69) is 47.6 Å². The smallest absolute Gasteiger partial charge is 0.119 e. The molecule has 1 N–H and O–H groups in total. The van der Waals surface area contributed by atoms with E-state index < -0.39 is 0 Å². The predicted octanol–water partition coefficient (Wildman–Crippen LogP) is 3.10. The number of nitrogens with one attached hydrogen (secondary N) is 1. The molecule has 20 heavy (non-hydrogen) atoms. The number of fused-ring (bicyclic) bond motifs is 1. The quantitative estimate of drug-likeness (QED) is 0.928. The second-order valence-corrected chi connectivity index (χ2v) is 5.25. The topological polar surface area (TPSA) is 34.1 Å². The number of ether oxygens (including phenoxy) is 1. The molecule has 2 heterocycles. The molecular formula is C17H20N2O. The predicted molar refractivity (Wildman–Crippen MR) is 80.0 cm³/mol. The molecule has 104 valence electrons. The summed E-state index contributed by atoms with van der Waals surface area (Å²) < 4.78 is 5.38. The summed E-state index contributed by atoms with van der Waals surface area (Å²) in [6.07, 6.45) is 5.92. The molecule has 1 aliphatic rings. The van der Waals surface area contributed by atoms with Gasteiger partial charge in [-0.1, -0.05) is 13.0 Å². The zero-order chi connectivity index (χ0) is 13.9. The van der Waals surface area contributed by atoms with E-state index in [4.69, 9.17) is 4.74 Å². The van der Waals surface area contributed by atoms with Crippen LogP contribution >= 0.6 is 0 Å². The fraction of sp³-hybridized carbons (Fsp3) is 0.353. The van der Waals surface area contributed by atoms with Gasteiger partial charge in [-0.05, 0) is 53.8 Å². The molecule has 0 spiro atoms. The van der Waals surface area contributed by atoms with E-state index in [1.807, 2.05) is 12.4 Å². The largest absolute Gasteiger partial charge is 0.497 e. The molecule has 1 aromatic heterocycles. The van der Waals surface area contributed by atoms with Crippen LogP contribution in [0, 0.1) is 0 Å². The van der Waals surface area contributed by atoms with Crippen LogP contribution in [0.4, 0.5) is 0 Å². The van der Waals surface area contributed by atoms with E-state index >= 15 is 0 Å². The highest BCUT2D eigenvalue weighted by molar-refractivity contribution is 5.44. The third kappa shape index (κ3) is 2.41. The van der Waals surface area contributed by atoms with Crippen molar-refractivity contribution in [3.63, 3.8) is 0 Å². The van der Waals surface area contributed by atoms with Gasteiger partial charge in [-0.2, -0.15) is 0 Å². The first kappa shape index (κ1) is 13.1. The number of hydrogen-bond acceptors (Lipinski definition) is 3. The number of pyridine rings is 1. The number of benzene rings is 1. The summed E-state index contributed by atoms with van der Waals surface area (Å²) >= 11 is 0. The Hall–Kier alpha value is -1.87. The van der Waals surface area contributed by atoms with Crippen LogP contribution in [0.3, 0.4) is 0 Å². The molecule has 3 rings (SSSR count). The summed E-state index contributed by atoms with van der Waals surface area (Å²) in [5.74, 6) is 0.916. The Labute approximate surface area is 120 Å². The minimum absolute atomic E-state index is 0.224. The number of rotatable bonds is 3. The number of aromatic nitrogens is 1. The van der Waals surface area contributed by atoms with Gasteiger partial charge in [0.25, 0.3) is 0 Å². The average Bonchev–Trinajstić information content (AvgIpc) is 2.54. The standard InChI is InChI=1S/C17H20N2O/c1-3-14-10-13-4-5-15(20-2)11-16(13)17(19-14)12-6-8-18-9-7-12/h4-9,11,14,17,19H,3,10H2,1-2H3. The normalized spacial score (nSPS) is 21.3. The van der Waals surface area contributed by atoms with E-state index in [1.54, 1.807) is 7.11 Å². The molecule has 0 amide bonds. The highest BCUT2D eigenvalue weighted by Gasteiger charge is 2.26. The maximum absolute atomic E-state index is 5.38. The van der Waals surface area contributed by atoms with Gasteiger partial charge in [0.05, 0.1) is 13.2 Å². The molecular weight excluding hydrogens is 248 g/mol. The third-order valence-electron chi connectivity index (χ3n) is 4.06. The lowest BCUT2D eigenvalue weighted by Crippen LogP contribution is -2.39. The lowest BCUT2D eigenvalue weighted by Gasteiger charge is -2.33. The van der Waals surface area contributed by atoms with Crippen LogP contribution in [0.15, 0.2) is 42.7 Å². The maximum Gasteiger partial charge on any atom is 0.119 e. The molecule has 0 bridgehead atoms. The van der Waals surface area contributed by atoms with Gasteiger partial charge in [0, 0.05) is 18.4 Å². The lowest BCUT2D eigenvalue weighted by atomic mass is 9.86. The van der Waals surface area contributed by atoms with Gasteiger partial charge in [-0.25, -0.2) is 0 Å². The van der Waals surface area contributed by atoms with Gasteiger partial charge in [0.1, 0.15) is 5.75 Å². The summed E-state index contributed by atoms with van der Waals surface area (Å²) in [6, 6.07) is 11.3. The fourth-order valence-electron chi connectivity index (χ4n) is 2.90. The molecule has 2 unspecified atom stereocenters. The van der Waals surface area contributed by atoms with Crippen molar-refractivity contribution in [1.29, 1.82) is 0 Å². The lowest BCUT2D eigenvalue weighted by molar-refractivity contribution is 0.404. The maximum atomic E-state index is 5.38. The first-order chi connectivity index (χ1) is 9.81. The van der Waals surface area contributed by atoms with Crippen molar-refractivity contribution in [1.82, 2.24) is 10.3 Å². The summed E-state index contributed by atoms with van der Waals surface area (Å²) in [5.41, 5.74) is 3.99. The Bertz CT molecular complexity index is 583. The van der Waals surface area contributed by atoms with Gasteiger partial charge in [0.15, 0.2) is 0 Å². The van der Waals surface area contributed by atoms with Crippen molar-refractivity contribution >= 4 is 0 Å². The van der Waals surface area contributed by atoms with Gasteiger partial charge >= 0.3 is 0 Å². The molecule has 0 saturated heterocycles. The summed E-state index contributed by atoms with van der Waals surface area (Å²) in [4.78, 5) is 4.12. The molecule has 2 aromatic rings. The zero-order valence-corrected chi connectivity index (χ0v) is 12.0. The van der Waals surface area contributed by atoms with Crippen molar-refractivity contribution in [2.75, 3.05) is 7.11 Å². The molecule has 1 aliphatic heterocycles. The van der Waals surface area contributed by atoms with Gasteiger partial charge < -0.3 is 10.1 Å². The van der Waals surface area contributed by atoms with E-state index in [9.17, 15) is 0 Å². The second kappa shape index (κ2) is 5.63. The van der Waals surface area contributed by atoms with E-state index in [1.165, 1.54) is 16.7 Å². The Morgan fingerprint density at radius 1 is 1.25 bits per heavy atom. The van der Waals surface area contributed by atoms with Crippen LogP contribution in [0.1, 0.15) is 36.1 Å². The van der Waals surface area contributed by atoms with Crippen LogP contribution in [0.5, 0.6) is 5.75 Å². The van der Waals surface area contributed by atoms with Gasteiger partial charge in [-0.3, -0.25) is 4.98 Å². The molecule has 0 radical (unpaired) electrons. The molecule has 3 nitrogen and oxygen atoms in total. The average molecular weight is 268 g/mol. The van der Waals surface area contributed by atoms with Crippen LogP contribution in [0.25, 0.3) is 0 Å². The number of methoxy groups -OCH3 is 1. The third-order valence-corrected chi connectivity index (χ3v) is 4.06. The monoisotopic (exact) mass is 268 g/mol. The van der Waals surface area contributed by atoms with Crippen LogP contribution in [-0.4, -0.2) is 18.1 Å². The summed E-state index contributed by atoms with van der Waals surface area (Å²) in [7, 11) is 1.72. The van der Waals surface area contributed by atoms with Crippen molar-refractivity contribution in [3.05, 3.63) is 59.4 Å². The molecule has 2 atom stereocenters. The zero-order valence-electron chi connectivity index (χ0n) is 12.0. The highest BCUT2D eigenvalue weighted by atomic mass is 16.5. The molecule has 0 fully saturated rings. The molecule has 1 aromatic carbocycles. The Kier molecular flexibility index (Phi) is 3.70. The first-order valence-electron chi connectivity index (χ1n) is 7.14. The van der Waals surface area contributed by atoms with Gasteiger partial charge in [0.2, 0.25) is 0 Å². The minimum Gasteiger partial charge on any atom is -0.497 e. The number of hydrogen-bond donors (Lipinski definition) is 1. The van der Waals surface area contributed by atoms with Crippen LogP contribution in [0.2, 0.25) is 0 Å². The van der Waals surface area contributed by atoms with Crippen LogP contribution in [-0.2, 0) is 6.42 Å². The summed E-state index contributed by atoms with van der Waals surface area (Å²) in [6.45, 7) is 2.23. The molecule has 0 saturated carbocycles. The Balaban J connectivity index is 2.06. The van der Waals surface area contributed by atoms with E-state index in [0.29, 0.717) is 6.04 Å². The minimum atomic E-state index is 0.224.